The van der Waals surface area contributed by atoms with E-state index in [1.54, 1.807) is 25.1 Å². The standard InChI is InChI=1S/C15H16N2O5/c1-9-6-12(18)11(8-15(19)20)16-17(9)10-4-5-13(21-2)14(7-10)22-3/h4-7H,8H2,1-3H3,(H,19,20). The second-order valence-electron chi connectivity index (χ2n) is 4.62. The first-order chi connectivity index (χ1) is 10.5. The van der Waals surface area contributed by atoms with Crippen LogP contribution in [0.5, 0.6) is 11.5 Å². The van der Waals surface area contributed by atoms with Crippen LogP contribution in [0.25, 0.3) is 5.69 Å². The van der Waals surface area contributed by atoms with Crippen molar-refractivity contribution in [1.82, 2.24) is 9.78 Å². The van der Waals surface area contributed by atoms with E-state index >= 15 is 0 Å². The molecule has 1 N–H and O–H groups in total. The fraction of sp³-hybridized carbons (Fsp3) is 0.267. The molecule has 1 aromatic heterocycles. The van der Waals surface area contributed by atoms with Gasteiger partial charge in [0.2, 0.25) is 5.43 Å². The van der Waals surface area contributed by atoms with Gasteiger partial charge in [0.1, 0.15) is 5.69 Å². The van der Waals surface area contributed by atoms with Gasteiger partial charge < -0.3 is 14.6 Å². The third-order valence-corrected chi connectivity index (χ3v) is 3.11. The molecule has 7 nitrogen and oxygen atoms in total. The van der Waals surface area contributed by atoms with Crippen molar-refractivity contribution in [3.05, 3.63) is 45.9 Å². The van der Waals surface area contributed by atoms with Crippen LogP contribution < -0.4 is 14.9 Å². The van der Waals surface area contributed by atoms with Crippen LogP contribution in [0.3, 0.4) is 0 Å². The largest absolute Gasteiger partial charge is 0.493 e. The number of methoxy groups -OCH3 is 2. The van der Waals surface area contributed by atoms with Crippen LogP contribution in [0.15, 0.2) is 29.1 Å². The predicted octanol–water partition coefficient (Wildman–Crippen LogP) is 1.19. The Morgan fingerprint density at radius 3 is 2.50 bits per heavy atom. The topological polar surface area (TPSA) is 90.7 Å². The Balaban J connectivity index is 2.56. The first kappa shape index (κ1) is 15.6. The number of carbonyl (C=O) groups is 1. The third-order valence-electron chi connectivity index (χ3n) is 3.11. The zero-order chi connectivity index (χ0) is 16.3. The second-order valence-corrected chi connectivity index (χ2v) is 4.62. The average molecular weight is 304 g/mol. The molecule has 0 aliphatic rings. The van der Waals surface area contributed by atoms with Gasteiger partial charge in [-0.2, -0.15) is 5.10 Å². The minimum atomic E-state index is -1.10. The molecule has 0 fully saturated rings. The van der Waals surface area contributed by atoms with Crippen LogP contribution in [0.2, 0.25) is 0 Å². The third kappa shape index (κ3) is 3.08. The number of aryl methyl sites for hydroxylation is 1. The van der Waals surface area contributed by atoms with Crippen LogP contribution in [0.1, 0.15) is 11.4 Å². The van der Waals surface area contributed by atoms with Crippen molar-refractivity contribution >= 4 is 5.97 Å². The smallest absolute Gasteiger partial charge is 0.309 e. The van der Waals surface area contributed by atoms with E-state index in [1.165, 1.54) is 25.0 Å². The van der Waals surface area contributed by atoms with Gasteiger partial charge in [-0.05, 0) is 19.1 Å². The lowest BCUT2D eigenvalue weighted by Crippen LogP contribution is -2.21. The number of hydrogen-bond donors (Lipinski definition) is 1. The Hall–Kier alpha value is -2.83. The Labute approximate surface area is 126 Å². The molecule has 1 heterocycles. The van der Waals surface area contributed by atoms with Crippen molar-refractivity contribution in [2.45, 2.75) is 13.3 Å². The Kier molecular flexibility index (Phi) is 4.45. The molecule has 2 aromatic rings. The van der Waals surface area contributed by atoms with Crippen LogP contribution in [0.4, 0.5) is 0 Å². The molecule has 22 heavy (non-hydrogen) atoms. The zero-order valence-corrected chi connectivity index (χ0v) is 12.5. The summed E-state index contributed by atoms with van der Waals surface area (Å²) in [7, 11) is 3.05. The number of nitrogens with zero attached hydrogens (tertiary/aromatic N) is 2. The maximum atomic E-state index is 11.8. The van der Waals surface area contributed by atoms with Gasteiger partial charge in [0.15, 0.2) is 11.5 Å². The molecule has 0 amide bonds. The van der Waals surface area contributed by atoms with Crippen molar-refractivity contribution in [2.75, 3.05) is 14.2 Å². The fourth-order valence-corrected chi connectivity index (χ4v) is 2.07. The first-order valence-corrected chi connectivity index (χ1v) is 6.50. The molecule has 7 heteroatoms. The van der Waals surface area contributed by atoms with Crippen molar-refractivity contribution in [2.24, 2.45) is 0 Å². The molecule has 0 bridgehead atoms. The van der Waals surface area contributed by atoms with Gasteiger partial charge >= 0.3 is 5.97 Å². The maximum Gasteiger partial charge on any atom is 0.309 e. The summed E-state index contributed by atoms with van der Waals surface area (Å²) in [5, 5.41) is 13.0. The highest BCUT2D eigenvalue weighted by molar-refractivity contribution is 5.69. The molecule has 1 aromatic carbocycles. The number of carboxylic acid groups (broad SMARTS) is 1. The molecule has 0 saturated carbocycles. The number of carboxylic acids is 1. The highest BCUT2D eigenvalue weighted by Gasteiger charge is 2.12. The molecule has 116 valence electrons. The van der Waals surface area contributed by atoms with Crippen LogP contribution in [0, 0.1) is 6.92 Å². The summed E-state index contributed by atoms with van der Waals surface area (Å²) in [5.74, 6) is -0.0253. The molecule has 0 aliphatic carbocycles. The highest BCUT2D eigenvalue weighted by atomic mass is 16.5. The van der Waals surface area contributed by atoms with E-state index in [1.807, 2.05) is 0 Å². The number of benzene rings is 1. The molecular formula is C15H16N2O5. The number of rotatable bonds is 5. The van der Waals surface area contributed by atoms with E-state index in [2.05, 4.69) is 5.10 Å². The maximum absolute atomic E-state index is 11.8. The van der Waals surface area contributed by atoms with Gasteiger partial charge in [0.25, 0.3) is 0 Å². The Bertz CT molecular complexity index is 767. The lowest BCUT2D eigenvalue weighted by atomic mass is 10.2. The minimum absolute atomic E-state index is 0.0205. The first-order valence-electron chi connectivity index (χ1n) is 6.50. The van der Waals surface area contributed by atoms with Crippen molar-refractivity contribution < 1.29 is 19.4 Å². The number of ether oxygens (including phenoxy) is 2. The average Bonchev–Trinajstić information content (AvgIpc) is 2.49. The number of aliphatic carboxylic acids is 1. The summed E-state index contributed by atoms with van der Waals surface area (Å²) >= 11 is 0. The van der Waals surface area contributed by atoms with Crippen molar-refractivity contribution in [1.29, 1.82) is 0 Å². The molecule has 0 unspecified atom stereocenters. The van der Waals surface area contributed by atoms with Crippen LogP contribution in [-0.4, -0.2) is 35.1 Å². The predicted molar refractivity (Wildman–Crippen MR) is 79.0 cm³/mol. The summed E-state index contributed by atoms with van der Waals surface area (Å²) in [5.41, 5.74) is 0.817. The summed E-state index contributed by atoms with van der Waals surface area (Å²) in [6.07, 6.45) is -0.424. The Morgan fingerprint density at radius 1 is 1.23 bits per heavy atom. The molecule has 0 aliphatic heterocycles. The van der Waals surface area contributed by atoms with Gasteiger partial charge in [-0.25, -0.2) is 4.68 Å². The van der Waals surface area contributed by atoms with Crippen molar-refractivity contribution in [3.8, 4) is 17.2 Å². The summed E-state index contributed by atoms with van der Waals surface area (Å²) in [6, 6.07) is 6.52. The van der Waals surface area contributed by atoms with Crippen LogP contribution in [-0.2, 0) is 11.2 Å². The summed E-state index contributed by atoms with van der Waals surface area (Å²) < 4.78 is 11.9. The summed E-state index contributed by atoms with van der Waals surface area (Å²) in [4.78, 5) is 22.6. The quantitative estimate of drug-likeness (QED) is 0.892. The normalized spacial score (nSPS) is 10.3. The molecule has 2 rings (SSSR count). The second kappa shape index (κ2) is 6.30. The molecular weight excluding hydrogens is 288 g/mol. The Morgan fingerprint density at radius 2 is 1.91 bits per heavy atom. The van der Waals surface area contributed by atoms with E-state index in [0.29, 0.717) is 22.9 Å². The van der Waals surface area contributed by atoms with Gasteiger partial charge in [0.05, 0.1) is 26.3 Å². The molecule has 0 atom stereocenters. The van der Waals surface area contributed by atoms with Crippen LogP contribution >= 0.6 is 0 Å². The van der Waals surface area contributed by atoms with E-state index in [0.717, 1.165) is 0 Å². The highest BCUT2D eigenvalue weighted by Crippen LogP contribution is 2.29. The van der Waals surface area contributed by atoms with E-state index < -0.39 is 17.8 Å². The lowest BCUT2D eigenvalue weighted by molar-refractivity contribution is -0.136. The van der Waals surface area contributed by atoms with Gasteiger partial charge in [0, 0.05) is 17.8 Å². The summed E-state index contributed by atoms with van der Waals surface area (Å²) in [6.45, 7) is 1.72. The van der Waals surface area contributed by atoms with Gasteiger partial charge in [-0.1, -0.05) is 0 Å². The SMILES string of the molecule is COc1ccc(-n2nc(CC(=O)O)c(=O)cc2C)cc1OC. The monoisotopic (exact) mass is 304 g/mol. The molecule has 0 radical (unpaired) electrons. The van der Waals surface area contributed by atoms with E-state index in [4.69, 9.17) is 14.6 Å². The van der Waals surface area contributed by atoms with E-state index in [-0.39, 0.29) is 5.69 Å². The number of aromatic nitrogens is 2. The van der Waals surface area contributed by atoms with Gasteiger partial charge in [-0.15, -0.1) is 0 Å². The molecule has 0 saturated heterocycles. The minimum Gasteiger partial charge on any atom is -0.493 e. The van der Waals surface area contributed by atoms with Crippen molar-refractivity contribution in [3.63, 3.8) is 0 Å². The fourth-order valence-electron chi connectivity index (χ4n) is 2.07. The lowest BCUT2D eigenvalue weighted by Gasteiger charge is -2.13. The number of hydrogen-bond acceptors (Lipinski definition) is 5. The zero-order valence-electron chi connectivity index (χ0n) is 12.5. The molecule has 0 spiro atoms. The van der Waals surface area contributed by atoms with E-state index in [9.17, 15) is 9.59 Å². The van der Waals surface area contributed by atoms with Gasteiger partial charge in [-0.3, -0.25) is 9.59 Å².